The molecule has 0 amide bonds. The third kappa shape index (κ3) is 4.20. The first-order valence-corrected chi connectivity index (χ1v) is 6.37. The van der Waals surface area contributed by atoms with Gasteiger partial charge in [-0.3, -0.25) is 9.69 Å². The maximum atomic E-state index is 10.7. The van der Waals surface area contributed by atoms with Crippen molar-refractivity contribution in [3.05, 3.63) is 29.3 Å². The number of hydrogen-bond donors (Lipinski definition) is 1. The van der Waals surface area contributed by atoms with Gasteiger partial charge in [-0.2, -0.15) is 0 Å². The van der Waals surface area contributed by atoms with Crippen LogP contribution in [0.3, 0.4) is 0 Å². The van der Waals surface area contributed by atoms with Crippen molar-refractivity contribution in [1.29, 1.82) is 0 Å². The standard InChI is InChI=1S/C13H16ClNO3/c14-10-1-5-12(6-2-10)18-8-7-15(9-13(16)17)11-3-4-11/h1-2,5-6,11H,3-4,7-9H2,(H,16,17). The van der Waals surface area contributed by atoms with Gasteiger partial charge in [0, 0.05) is 17.6 Å². The molecular formula is C13H16ClNO3. The van der Waals surface area contributed by atoms with Gasteiger partial charge in [-0.1, -0.05) is 11.6 Å². The number of aliphatic carboxylic acids is 1. The molecule has 5 heteroatoms. The van der Waals surface area contributed by atoms with Crippen LogP contribution in [0.25, 0.3) is 0 Å². The molecule has 1 aliphatic rings. The number of carboxylic acids is 1. The lowest BCUT2D eigenvalue weighted by atomic mass is 10.3. The van der Waals surface area contributed by atoms with Crippen LogP contribution in [-0.4, -0.2) is 41.7 Å². The fourth-order valence-electron chi connectivity index (χ4n) is 1.82. The van der Waals surface area contributed by atoms with Gasteiger partial charge < -0.3 is 9.84 Å². The molecule has 0 unspecified atom stereocenters. The van der Waals surface area contributed by atoms with Crippen molar-refractivity contribution in [1.82, 2.24) is 4.90 Å². The zero-order valence-electron chi connectivity index (χ0n) is 10.0. The lowest BCUT2D eigenvalue weighted by Gasteiger charge is -2.19. The zero-order chi connectivity index (χ0) is 13.0. The smallest absolute Gasteiger partial charge is 0.317 e. The summed E-state index contributed by atoms with van der Waals surface area (Å²) in [5, 5.41) is 9.48. The Labute approximate surface area is 111 Å². The van der Waals surface area contributed by atoms with Crippen molar-refractivity contribution in [3.8, 4) is 5.75 Å². The second-order valence-electron chi connectivity index (χ2n) is 4.40. The van der Waals surface area contributed by atoms with Crippen molar-refractivity contribution >= 4 is 17.6 Å². The van der Waals surface area contributed by atoms with Gasteiger partial charge in [0.15, 0.2) is 0 Å². The van der Waals surface area contributed by atoms with Crippen molar-refractivity contribution in [3.63, 3.8) is 0 Å². The summed E-state index contributed by atoms with van der Waals surface area (Å²) in [5.41, 5.74) is 0. The second kappa shape index (κ2) is 6.07. The largest absolute Gasteiger partial charge is 0.492 e. The summed E-state index contributed by atoms with van der Waals surface area (Å²) in [6, 6.07) is 7.58. The van der Waals surface area contributed by atoms with Crippen molar-refractivity contribution in [2.24, 2.45) is 0 Å². The Hall–Kier alpha value is -1.26. The van der Waals surface area contributed by atoms with E-state index < -0.39 is 5.97 Å². The first-order chi connectivity index (χ1) is 8.65. The normalized spacial score (nSPS) is 14.8. The molecule has 0 aromatic heterocycles. The Morgan fingerprint density at radius 3 is 2.61 bits per heavy atom. The van der Waals surface area contributed by atoms with Crippen LogP contribution in [0.15, 0.2) is 24.3 Å². The zero-order valence-corrected chi connectivity index (χ0v) is 10.8. The van der Waals surface area contributed by atoms with Crippen molar-refractivity contribution in [2.75, 3.05) is 19.7 Å². The molecule has 1 aromatic carbocycles. The molecule has 1 N–H and O–H groups in total. The third-order valence-electron chi connectivity index (χ3n) is 2.86. The highest BCUT2D eigenvalue weighted by Gasteiger charge is 2.29. The van der Waals surface area contributed by atoms with Crippen LogP contribution in [0, 0.1) is 0 Å². The Balaban J connectivity index is 1.75. The Bertz CT molecular complexity index is 403. The van der Waals surface area contributed by atoms with Gasteiger partial charge in [0.1, 0.15) is 12.4 Å². The average molecular weight is 270 g/mol. The molecule has 1 fully saturated rings. The predicted octanol–water partition coefficient (Wildman–Crippen LogP) is 2.27. The molecule has 98 valence electrons. The quantitative estimate of drug-likeness (QED) is 0.825. The van der Waals surface area contributed by atoms with E-state index in [1.165, 1.54) is 0 Å². The second-order valence-corrected chi connectivity index (χ2v) is 4.83. The van der Waals surface area contributed by atoms with Crippen molar-refractivity contribution in [2.45, 2.75) is 18.9 Å². The minimum Gasteiger partial charge on any atom is -0.492 e. The summed E-state index contributed by atoms with van der Waals surface area (Å²) in [7, 11) is 0. The summed E-state index contributed by atoms with van der Waals surface area (Å²) < 4.78 is 5.56. The van der Waals surface area contributed by atoms with E-state index in [1.807, 2.05) is 4.90 Å². The number of carbonyl (C=O) groups is 1. The molecule has 1 saturated carbocycles. The molecule has 1 aromatic rings. The monoisotopic (exact) mass is 269 g/mol. The van der Waals surface area contributed by atoms with Gasteiger partial charge in [-0.15, -0.1) is 0 Å². The summed E-state index contributed by atoms with van der Waals surface area (Å²) in [6.07, 6.45) is 2.18. The maximum Gasteiger partial charge on any atom is 0.317 e. The first kappa shape index (κ1) is 13.2. The number of halogens is 1. The molecule has 0 saturated heterocycles. The maximum absolute atomic E-state index is 10.7. The number of ether oxygens (including phenoxy) is 1. The fraction of sp³-hybridized carbons (Fsp3) is 0.462. The molecule has 0 heterocycles. The minimum atomic E-state index is -0.784. The van der Waals surface area contributed by atoms with Crippen LogP contribution in [0.2, 0.25) is 5.02 Å². The molecule has 0 spiro atoms. The van der Waals surface area contributed by atoms with Crippen LogP contribution < -0.4 is 4.74 Å². The van der Waals surface area contributed by atoms with E-state index >= 15 is 0 Å². The molecule has 18 heavy (non-hydrogen) atoms. The average Bonchev–Trinajstić information content (AvgIpc) is 3.14. The lowest BCUT2D eigenvalue weighted by molar-refractivity contribution is -0.138. The van der Waals surface area contributed by atoms with E-state index in [1.54, 1.807) is 24.3 Å². The van der Waals surface area contributed by atoms with Gasteiger partial charge in [0.05, 0.1) is 6.54 Å². The third-order valence-corrected chi connectivity index (χ3v) is 3.11. The van der Waals surface area contributed by atoms with Gasteiger partial charge >= 0.3 is 5.97 Å². The van der Waals surface area contributed by atoms with E-state index in [-0.39, 0.29) is 6.54 Å². The Morgan fingerprint density at radius 2 is 2.06 bits per heavy atom. The molecule has 2 rings (SSSR count). The highest BCUT2D eigenvalue weighted by Crippen LogP contribution is 2.26. The fourth-order valence-corrected chi connectivity index (χ4v) is 1.94. The SMILES string of the molecule is O=C(O)CN(CCOc1ccc(Cl)cc1)C1CC1. The van der Waals surface area contributed by atoms with Crippen molar-refractivity contribution < 1.29 is 14.6 Å². The predicted molar refractivity (Wildman–Crippen MR) is 69.2 cm³/mol. The van der Waals surface area contributed by atoms with Crippen LogP contribution >= 0.6 is 11.6 Å². The minimum absolute atomic E-state index is 0.0919. The van der Waals surface area contributed by atoms with Crippen LogP contribution in [0.1, 0.15) is 12.8 Å². The highest BCUT2D eigenvalue weighted by molar-refractivity contribution is 6.30. The van der Waals surface area contributed by atoms with E-state index in [9.17, 15) is 4.79 Å². The summed E-state index contributed by atoms with van der Waals surface area (Å²) in [6.45, 7) is 1.22. The topological polar surface area (TPSA) is 49.8 Å². The van der Waals surface area contributed by atoms with Gasteiger partial charge in [-0.05, 0) is 37.1 Å². The van der Waals surface area contributed by atoms with E-state index in [0.29, 0.717) is 24.2 Å². The van der Waals surface area contributed by atoms with Crippen LogP contribution in [-0.2, 0) is 4.79 Å². The molecule has 0 radical (unpaired) electrons. The lowest BCUT2D eigenvalue weighted by Crippen LogP contribution is -2.35. The van der Waals surface area contributed by atoms with Gasteiger partial charge in [0.25, 0.3) is 0 Å². The van der Waals surface area contributed by atoms with Crippen LogP contribution in [0.4, 0.5) is 0 Å². The Morgan fingerprint density at radius 1 is 1.39 bits per heavy atom. The van der Waals surface area contributed by atoms with Gasteiger partial charge in [-0.25, -0.2) is 0 Å². The first-order valence-electron chi connectivity index (χ1n) is 5.99. The molecule has 0 aliphatic heterocycles. The van der Waals surface area contributed by atoms with E-state index in [4.69, 9.17) is 21.4 Å². The van der Waals surface area contributed by atoms with E-state index in [2.05, 4.69) is 0 Å². The van der Waals surface area contributed by atoms with Gasteiger partial charge in [0.2, 0.25) is 0 Å². The number of nitrogens with zero attached hydrogens (tertiary/aromatic N) is 1. The molecular weight excluding hydrogens is 254 g/mol. The van der Waals surface area contributed by atoms with Crippen LogP contribution in [0.5, 0.6) is 5.75 Å². The summed E-state index contributed by atoms with van der Waals surface area (Å²) in [5.74, 6) is -0.0288. The number of carboxylic acid groups (broad SMARTS) is 1. The molecule has 0 atom stereocenters. The summed E-state index contributed by atoms with van der Waals surface area (Å²) in [4.78, 5) is 12.7. The highest BCUT2D eigenvalue weighted by atomic mass is 35.5. The molecule has 0 bridgehead atoms. The molecule has 4 nitrogen and oxygen atoms in total. The summed E-state index contributed by atoms with van der Waals surface area (Å²) >= 11 is 5.77. The Kier molecular flexibility index (Phi) is 4.44. The van der Waals surface area contributed by atoms with E-state index in [0.717, 1.165) is 18.6 Å². The number of rotatable bonds is 7. The molecule has 1 aliphatic carbocycles. The number of hydrogen-bond acceptors (Lipinski definition) is 3. The number of benzene rings is 1.